The Morgan fingerprint density at radius 1 is 1.57 bits per heavy atom. The predicted octanol–water partition coefficient (Wildman–Crippen LogP) is 1.47. The zero-order chi connectivity index (χ0) is 10.7. The van der Waals surface area contributed by atoms with E-state index in [0.717, 1.165) is 0 Å². The average Bonchev–Trinajstić information content (AvgIpc) is 2.73. The fourth-order valence-corrected chi connectivity index (χ4v) is 3.43. The molecular formula is C11H19NO2. The molecule has 2 saturated carbocycles. The number of rotatable bonds is 2. The first kappa shape index (κ1) is 9.97. The van der Waals surface area contributed by atoms with Crippen molar-refractivity contribution in [2.75, 3.05) is 0 Å². The quantitative estimate of drug-likeness (QED) is 0.704. The lowest BCUT2D eigenvalue weighted by Crippen LogP contribution is -2.52. The predicted molar refractivity (Wildman–Crippen MR) is 53.7 cm³/mol. The first-order valence-corrected chi connectivity index (χ1v) is 5.37. The summed E-state index contributed by atoms with van der Waals surface area (Å²) in [7, 11) is 0. The Morgan fingerprint density at radius 3 is 2.43 bits per heavy atom. The smallest absolute Gasteiger partial charge is 0.323 e. The van der Waals surface area contributed by atoms with Crippen LogP contribution in [-0.2, 0) is 4.79 Å². The molecule has 2 rings (SSSR count). The van der Waals surface area contributed by atoms with Gasteiger partial charge in [-0.25, -0.2) is 0 Å². The van der Waals surface area contributed by atoms with Gasteiger partial charge in [0.2, 0.25) is 0 Å². The summed E-state index contributed by atoms with van der Waals surface area (Å²) in [5.41, 5.74) is 5.27. The Morgan fingerprint density at radius 2 is 2.14 bits per heavy atom. The molecule has 0 saturated heterocycles. The van der Waals surface area contributed by atoms with Crippen molar-refractivity contribution < 1.29 is 9.90 Å². The average molecular weight is 197 g/mol. The minimum Gasteiger partial charge on any atom is -0.480 e. The molecule has 80 valence electrons. The van der Waals surface area contributed by atoms with Crippen LogP contribution in [-0.4, -0.2) is 16.6 Å². The molecule has 0 aromatic rings. The van der Waals surface area contributed by atoms with E-state index in [4.69, 9.17) is 10.8 Å². The van der Waals surface area contributed by atoms with E-state index in [0.29, 0.717) is 18.3 Å². The second kappa shape index (κ2) is 2.51. The van der Waals surface area contributed by atoms with E-state index in [1.165, 1.54) is 6.42 Å². The number of aliphatic carboxylic acids is 1. The van der Waals surface area contributed by atoms with Crippen molar-refractivity contribution in [2.24, 2.45) is 28.9 Å². The zero-order valence-electron chi connectivity index (χ0n) is 9.08. The molecule has 0 aromatic heterocycles. The van der Waals surface area contributed by atoms with Crippen LogP contribution in [0.5, 0.6) is 0 Å². The molecule has 0 heterocycles. The third kappa shape index (κ3) is 0.937. The third-order valence-electron chi connectivity index (χ3n) is 4.76. The van der Waals surface area contributed by atoms with Crippen LogP contribution in [0.15, 0.2) is 0 Å². The summed E-state index contributed by atoms with van der Waals surface area (Å²) in [6, 6.07) is 0. The minimum atomic E-state index is -0.965. The van der Waals surface area contributed by atoms with Crippen LogP contribution in [0.2, 0.25) is 0 Å². The van der Waals surface area contributed by atoms with Crippen molar-refractivity contribution >= 4 is 5.97 Å². The first-order chi connectivity index (χ1) is 6.34. The number of carbonyl (C=O) groups is 1. The molecule has 2 fully saturated rings. The van der Waals surface area contributed by atoms with Gasteiger partial charge < -0.3 is 10.8 Å². The van der Waals surface area contributed by atoms with Crippen molar-refractivity contribution in [3.05, 3.63) is 0 Å². The summed E-state index contributed by atoms with van der Waals surface area (Å²) in [5.74, 6) is 0.406. The van der Waals surface area contributed by atoms with Gasteiger partial charge in [-0.2, -0.15) is 0 Å². The summed E-state index contributed by atoms with van der Waals surface area (Å²) in [4.78, 5) is 11.1. The second-order valence-electron chi connectivity index (χ2n) is 5.51. The fourth-order valence-electron chi connectivity index (χ4n) is 3.43. The lowest BCUT2D eigenvalue weighted by Gasteiger charge is -2.28. The van der Waals surface area contributed by atoms with Crippen LogP contribution in [0.1, 0.15) is 33.6 Å². The molecule has 2 aliphatic rings. The molecule has 1 unspecified atom stereocenters. The monoisotopic (exact) mass is 197 g/mol. The third-order valence-corrected chi connectivity index (χ3v) is 4.76. The van der Waals surface area contributed by atoms with Crippen molar-refractivity contribution in [1.29, 1.82) is 0 Å². The van der Waals surface area contributed by atoms with Gasteiger partial charge in [-0.15, -0.1) is 0 Å². The maximum atomic E-state index is 11.1. The van der Waals surface area contributed by atoms with Gasteiger partial charge in [-0.3, -0.25) is 4.79 Å². The second-order valence-corrected chi connectivity index (χ2v) is 5.51. The molecule has 0 aliphatic heterocycles. The van der Waals surface area contributed by atoms with Gasteiger partial charge in [0.15, 0.2) is 0 Å². The molecule has 0 amide bonds. The van der Waals surface area contributed by atoms with E-state index in [-0.39, 0.29) is 11.3 Å². The van der Waals surface area contributed by atoms with E-state index in [1.807, 2.05) is 6.92 Å². The standard InChI is InChI=1S/C11H19NO2/c1-6(2)10-4-8(10)7(3)11(12,5-10)9(13)14/h6-8H,4-5,12H2,1-3H3,(H,13,14)/t7-,8-,10+,11?/m0/s1. The highest BCUT2D eigenvalue weighted by atomic mass is 16.4. The Labute approximate surface area is 84.7 Å². The lowest BCUT2D eigenvalue weighted by atomic mass is 9.81. The van der Waals surface area contributed by atoms with Crippen LogP contribution in [0, 0.1) is 23.2 Å². The summed E-state index contributed by atoms with van der Waals surface area (Å²) >= 11 is 0. The van der Waals surface area contributed by atoms with Gasteiger partial charge in [0.1, 0.15) is 5.54 Å². The lowest BCUT2D eigenvalue weighted by molar-refractivity contribution is -0.145. The van der Waals surface area contributed by atoms with Crippen molar-refractivity contribution in [1.82, 2.24) is 0 Å². The van der Waals surface area contributed by atoms with Crippen LogP contribution in [0.3, 0.4) is 0 Å². The molecule has 3 nitrogen and oxygen atoms in total. The molecule has 3 N–H and O–H groups in total. The molecule has 0 aromatic carbocycles. The van der Waals surface area contributed by atoms with E-state index in [1.54, 1.807) is 0 Å². The van der Waals surface area contributed by atoms with Gasteiger partial charge in [-0.05, 0) is 36.0 Å². The Hall–Kier alpha value is -0.570. The van der Waals surface area contributed by atoms with Crippen molar-refractivity contribution in [3.8, 4) is 0 Å². The maximum absolute atomic E-state index is 11.1. The van der Waals surface area contributed by atoms with E-state index < -0.39 is 11.5 Å². The highest BCUT2D eigenvalue weighted by Crippen LogP contribution is 2.71. The van der Waals surface area contributed by atoms with Gasteiger partial charge >= 0.3 is 5.97 Å². The number of carboxylic acids is 1. The summed E-state index contributed by atoms with van der Waals surface area (Å²) in [6.07, 6.45) is 1.84. The fraction of sp³-hybridized carbons (Fsp3) is 0.909. The summed E-state index contributed by atoms with van der Waals surface area (Å²) in [6.45, 7) is 6.36. The molecule has 4 atom stereocenters. The number of hydrogen-bond donors (Lipinski definition) is 2. The van der Waals surface area contributed by atoms with Gasteiger partial charge in [0.05, 0.1) is 0 Å². The highest BCUT2D eigenvalue weighted by Gasteiger charge is 2.71. The van der Waals surface area contributed by atoms with Gasteiger partial charge in [-0.1, -0.05) is 20.8 Å². The normalized spacial score (nSPS) is 50.6. The highest BCUT2D eigenvalue weighted by molar-refractivity contribution is 5.80. The zero-order valence-corrected chi connectivity index (χ0v) is 9.08. The van der Waals surface area contributed by atoms with E-state index in [9.17, 15) is 4.79 Å². The van der Waals surface area contributed by atoms with Gasteiger partial charge in [0.25, 0.3) is 0 Å². The SMILES string of the molecule is CC(C)[C@]12C[C@H]1[C@H](C)C(N)(C(=O)O)C2. The Balaban J connectivity index is 2.27. The summed E-state index contributed by atoms with van der Waals surface area (Å²) in [5, 5.41) is 9.15. The van der Waals surface area contributed by atoms with Crippen LogP contribution < -0.4 is 5.73 Å². The Bertz CT molecular complexity index is 289. The Kier molecular flexibility index (Phi) is 1.79. The maximum Gasteiger partial charge on any atom is 0.323 e. The van der Waals surface area contributed by atoms with Crippen LogP contribution in [0.4, 0.5) is 0 Å². The van der Waals surface area contributed by atoms with E-state index in [2.05, 4.69) is 13.8 Å². The largest absolute Gasteiger partial charge is 0.480 e. The van der Waals surface area contributed by atoms with Crippen LogP contribution >= 0.6 is 0 Å². The molecule has 0 spiro atoms. The van der Waals surface area contributed by atoms with Crippen molar-refractivity contribution in [2.45, 2.75) is 39.2 Å². The molecule has 14 heavy (non-hydrogen) atoms. The molecule has 2 aliphatic carbocycles. The number of nitrogens with two attached hydrogens (primary N) is 1. The molecule has 3 heteroatoms. The number of hydrogen-bond acceptors (Lipinski definition) is 2. The molecular weight excluding hydrogens is 178 g/mol. The topological polar surface area (TPSA) is 63.3 Å². The summed E-state index contributed by atoms with van der Waals surface area (Å²) < 4.78 is 0. The number of carboxylic acid groups (broad SMARTS) is 1. The van der Waals surface area contributed by atoms with E-state index >= 15 is 0 Å². The molecule has 0 radical (unpaired) electrons. The molecule has 0 bridgehead atoms. The number of fused-ring (bicyclic) bond motifs is 1. The van der Waals surface area contributed by atoms with Crippen molar-refractivity contribution in [3.63, 3.8) is 0 Å². The first-order valence-electron chi connectivity index (χ1n) is 5.37. The van der Waals surface area contributed by atoms with Gasteiger partial charge in [0, 0.05) is 0 Å². The minimum absolute atomic E-state index is 0.127. The van der Waals surface area contributed by atoms with Crippen LogP contribution in [0.25, 0.3) is 0 Å².